The number of hydrogen-bond acceptors (Lipinski definition) is 2. The lowest BCUT2D eigenvalue weighted by atomic mass is 9.97. The molecule has 1 aromatic rings. The van der Waals surface area contributed by atoms with Crippen LogP contribution in [-0.2, 0) is 0 Å². The summed E-state index contributed by atoms with van der Waals surface area (Å²) in [6.45, 7) is 9.40. The van der Waals surface area contributed by atoms with Gasteiger partial charge in [-0.3, -0.25) is 4.90 Å². The van der Waals surface area contributed by atoms with Gasteiger partial charge in [0.05, 0.1) is 0 Å². The van der Waals surface area contributed by atoms with Crippen molar-refractivity contribution in [3.05, 3.63) is 35.9 Å². The fourth-order valence-electron chi connectivity index (χ4n) is 2.81. The lowest BCUT2D eigenvalue weighted by Gasteiger charge is -2.36. The van der Waals surface area contributed by atoms with E-state index in [4.69, 9.17) is 0 Å². The van der Waals surface area contributed by atoms with E-state index in [1.165, 1.54) is 31.5 Å². The van der Waals surface area contributed by atoms with Crippen molar-refractivity contribution in [2.24, 2.45) is 0 Å². The highest BCUT2D eigenvalue weighted by molar-refractivity contribution is 5.18. The normalized spacial score (nSPS) is 22.9. The van der Waals surface area contributed by atoms with E-state index in [1.807, 2.05) is 0 Å². The van der Waals surface area contributed by atoms with Crippen LogP contribution in [0.3, 0.4) is 0 Å². The van der Waals surface area contributed by atoms with Crippen LogP contribution in [0.15, 0.2) is 30.3 Å². The highest BCUT2D eigenvalue weighted by Gasteiger charge is 2.20. The maximum absolute atomic E-state index is 3.49. The fourth-order valence-corrected chi connectivity index (χ4v) is 2.81. The summed E-state index contributed by atoms with van der Waals surface area (Å²) in [5.41, 5.74) is 1.47. The smallest absolute Gasteiger partial charge is 0.0218 e. The fraction of sp³-hybridized carbons (Fsp3) is 0.625. The predicted octanol–water partition coefficient (Wildman–Crippen LogP) is 2.86. The number of nitrogens with zero attached hydrogens (tertiary/aromatic N) is 1. The van der Waals surface area contributed by atoms with E-state index in [0.29, 0.717) is 5.92 Å². The molecule has 0 aliphatic carbocycles. The summed E-state index contributed by atoms with van der Waals surface area (Å²) >= 11 is 0. The second kappa shape index (κ2) is 6.91. The van der Waals surface area contributed by atoms with Crippen LogP contribution in [0, 0.1) is 0 Å². The van der Waals surface area contributed by atoms with E-state index in [0.717, 1.165) is 19.1 Å². The van der Waals surface area contributed by atoms with Gasteiger partial charge in [0.1, 0.15) is 0 Å². The van der Waals surface area contributed by atoms with Crippen LogP contribution in [0.2, 0.25) is 0 Å². The Balaban J connectivity index is 1.83. The van der Waals surface area contributed by atoms with Crippen LogP contribution in [0.25, 0.3) is 0 Å². The monoisotopic (exact) mass is 246 g/mol. The molecular weight excluding hydrogens is 220 g/mol. The third-order valence-corrected chi connectivity index (χ3v) is 4.16. The second-order valence-corrected chi connectivity index (χ2v) is 5.40. The van der Waals surface area contributed by atoms with E-state index in [1.54, 1.807) is 0 Å². The number of benzene rings is 1. The topological polar surface area (TPSA) is 15.3 Å². The molecule has 2 unspecified atom stereocenters. The Morgan fingerprint density at radius 1 is 1.33 bits per heavy atom. The van der Waals surface area contributed by atoms with Gasteiger partial charge >= 0.3 is 0 Å². The lowest BCUT2D eigenvalue weighted by molar-refractivity contribution is 0.152. The lowest BCUT2D eigenvalue weighted by Crippen LogP contribution is -2.51. The van der Waals surface area contributed by atoms with Gasteiger partial charge in [-0.2, -0.15) is 0 Å². The first kappa shape index (κ1) is 13.6. The highest BCUT2D eigenvalue weighted by atomic mass is 15.2. The van der Waals surface area contributed by atoms with Crippen molar-refractivity contribution < 1.29 is 0 Å². The molecule has 0 spiro atoms. The molecular formula is C16H26N2. The zero-order valence-corrected chi connectivity index (χ0v) is 11.7. The summed E-state index contributed by atoms with van der Waals surface area (Å²) in [7, 11) is 0. The van der Waals surface area contributed by atoms with Crippen LogP contribution in [0.5, 0.6) is 0 Å². The molecule has 0 amide bonds. The van der Waals surface area contributed by atoms with Crippen molar-refractivity contribution in [3.8, 4) is 0 Å². The van der Waals surface area contributed by atoms with E-state index in [-0.39, 0.29) is 0 Å². The van der Waals surface area contributed by atoms with Gasteiger partial charge in [0.2, 0.25) is 0 Å². The van der Waals surface area contributed by atoms with Crippen molar-refractivity contribution in [3.63, 3.8) is 0 Å². The maximum atomic E-state index is 3.49. The zero-order valence-electron chi connectivity index (χ0n) is 11.7. The summed E-state index contributed by atoms with van der Waals surface area (Å²) in [4.78, 5) is 2.66. The van der Waals surface area contributed by atoms with Gasteiger partial charge in [-0.15, -0.1) is 0 Å². The molecule has 2 atom stereocenters. The molecule has 0 bridgehead atoms. The third kappa shape index (κ3) is 3.56. The first-order valence-corrected chi connectivity index (χ1v) is 7.31. The van der Waals surface area contributed by atoms with Crippen LogP contribution >= 0.6 is 0 Å². The molecule has 18 heavy (non-hydrogen) atoms. The number of nitrogens with one attached hydrogen (secondary N) is 1. The molecule has 2 rings (SSSR count). The van der Waals surface area contributed by atoms with E-state index >= 15 is 0 Å². The maximum Gasteiger partial charge on any atom is 0.0218 e. The summed E-state index contributed by atoms with van der Waals surface area (Å²) in [5, 5.41) is 3.49. The van der Waals surface area contributed by atoms with E-state index in [2.05, 4.69) is 54.4 Å². The third-order valence-electron chi connectivity index (χ3n) is 4.16. The Kier molecular flexibility index (Phi) is 5.21. The van der Waals surface area contributed by atoms with Gasteiger partial charge in [0, 0.05) is 25.7 Å². The van der Waals surface area contributed by atoms with Gasteiger partial charge < -0.3 is 5.32 Å². The molecule has 0 radical (unpaired) electrons. The van der Waals surface area contributed by atoms with Crippen molar-refractivity contribution in [2.75, 3.05) is 26.2 Å². The summed E-state index contributed by atoms with van der Waals surface area (Å²) < 4.78 is 0. The molecule has 1 heterocycles. The molecule has 0 saturated carbocycles. The number of piperazine rings is 1. The molecule has 1 aliphatic heterocycles. The molecule has 100 valence electrons. The Labute approximate surface area is 111 Å². The van der Waals surface area contributed by atoms with Crippen molar-refractivity contribution in [1.29, 1.82) is 0 Å². The highest BCUT2D eigenvalue weighted by Crippen LogP contribution is 2.20. The Bertz CT molecular complexity index is 336. The minimum atomic E-state index is 0.665. The predicted molar refractivity (Wildman–Crippen MR) is 78.0 cm³/mol. The second-order valence-electron chi connectivity index (χ2n) is 5.40. The van der Waals surface area contributed by atoms with Crippen molar-refractivity contribution in [2.45, 2.75) is 38.6 Å². The Morgan fingerprint density at radius 2 is 2.11 bits per heavy atom. The number of hydrogen-bond donors (Lipinski definition) is 1. The zero-order chi connectivity index (χ0) is 12.8. The van der Waals surface area contributed by atoms with Crippen molar-refractivity contribution in [1.82, 2.24) is 10.2 Å². The van der Waals surface area contributed by atoms with Crippen LogP contribution in [0.1, 0.15) is 38.2 Å². The Morgan fingerprint density at radius 3 is 2.83 bits per heavy atom. The van der Waals surface area contributed by atoms with E-state index in [9.17, 15) is 0 Å². The first-order valence-electron chi connectivity index (χ1n) is 7.31. The van der Waals surface area contributed by atoms with Gasteiger partial charge in [-0.1, -0.05) is 44.2 Å². The number of rotatable bonds is 5. The summed E-state index contributed by atoms with van der Waals surface area (Å²) in [5.74, 6) is 0.665. The molecule has 2 nitrogen and oxygen atoms in total. The molecule has 1 N–H and O–H groups in total. The molecule has 0 aromatic heterocycles. The first-order chi connectivity index (χ1) is 8.81. The molecule has 2 heteroatoms. The average molecular weight is 246 g/mol. The summed E-state index contributed by atoms with van der Waals surface area (Å²) in [6, 6.07) is 11.6. The van der Waals surface area contributed by atoms with E-state index < -0.39 is 0 Å². The van der Waals surface area contributed by atoms with Gasteiger partial charge in [0.25, 0.3) is 0 Å². The Hall–Kier alpha value is -0.860. The average Bonchev–Trinajstić information content (AvgIpc) is 2.46. The minimum absolute atomic E-state index is 0.665. The van der Waals surface area contributed by atoms with Crippen LogP contribution in [0.4, 0.5) is 0 Å². The van der Waals surface area contributed by atoms with Crippen LogP contribution < -0.4 is 5.32 Å². The van der Waals surface area contributed by atoms with Gasteiger partial charge in [-0.25, -0.2) is 0 Å². The molecule has 1 aliphatic rings. The quantitative estimate of drug-likeness (QED) is 0.859. The van der Waals surface area contributed by atoms with Gasteiger partial charge in [-0.05, 0) is 30.9 Å². The minimum Gasteiger partial charge on any atom is -0.314 e. The molecule has 1 fully saturated rings. The largest absolute Gasteiger partial charge is 0.314 e. The molecule has 1 aromatic carbocycles. The van der Waals surface area contributed by atoms with Crippen molar-refractivity contribution >= 4 is 0 Å². The van der Waals surface area contributed by atoms with Crippen LogP contribution in [-0.4, -0.2) is 37.1 Å². The van der Waals surface area contributed by atoms with Gasteiger partial charge in [0.15, 0.2) is 0 Å². The SMILES string of the molecule is CCC1CNCCN1CCC(C)c1ccccc1. The summed E-state index contributed by atoms with van der Waals surface area (Å²) in [6.07, 6.45) is 2.52. The standard InChI is InChI=1S/C16H26N2/c1-3-16-13-17-10-12-18(16)11-9-14(2)15-7-5-4-6-8-15/h4-8,14,16-17H,3,9-13H2,1-2H3. The molecule has 1 saturated heterocycles.